The Labute approximate surface area is 175 Å². The Morgan fingerprint density at radius 2 is 1.57 bits per heavy atom. The van der Waals surface area contributed by atoms with E-state index in [0.29, 0.717) is 17.8 Å². The van der Waals surface area contributed by atoms with Gasteiger partial charge in [-0.05, 0) is 38.1 Å². The second-order valence-electron chi connectivity index (χ2n) is 6.59. The van der Waals surface area contributed by atoms with Crippen LogP contribution >= 0.6 is 0 Å². The minimum absolute atomic E-state index is 0.0414. The molecular weight excluding hydrogens is 402 g/mol. The second-order valence-corrected chi connectivity index (χ2v) is 8.19. The van der Waals surface area contributed by atoms with Gasteiger partial charge in [-0.2, -0.15) is 8.42 Å². The Morgan fingerprint density at radius 1 is 0.967 bits per heavy atom. The van der Waals surface area contributed by atoms with Gasteiger partial charge >= 0.3 is 0 Å². The second kappa shape index (κ2) is 8.87. The molecule has 8 heteroatoms. The van der Waals surface area contributed by atoms with Gasteiger partial charge in [-0.25, -0.2) is 0 Å². The molecule has 0 unspecified atom stereocenters. The normalized spacial score (nSPS) is 11.9. The number of nitro groups is 1. The lowest BCUT2D eigenvalue weighted by atomic mass is 10.1. The molecule has 0 aliphatic heterocycles. The van der Waals surface area contributed by atoms with Crippen LogP contribution in [0.5, 0.6) is 0 Å². The third-order valence-corrected chi connectivity index (χ3v) is 5.78. The summed E-state index contributed by atoms with van der Waals surface area (Å²) in [4.78, 5) is 12.3. The number of benzene rings is 3. The van der Waals surface area contributed by atoms with Crippen molar-refractivity contribution in [2.75, 3.05) is 11.4 Å². The van der Waals surface area contributed by atoms with Crippen molar-refractivity contribution in [3.8, 4) is 0 Å². The van der Waals surface area contributed by atoms with Crippen LogP contribution in [0.1, 0.15) is 18.1 Å². The van der Waals surface area contributed by atoms with E-state index in [1.54, 1.807) is 53.4 Å². The highest BCUT2D eigenvalue weighted by Gasteiger charge is 2.21. The van der Waals surface area contributed by atoms with E-state index in [0.717, 1.165) is 5.56 Å². The molecule has 0 aliphatic carbocycles. The van der Waals surface area contributed by atoms with Crippen LogP contribution in [-0.2, 0) is 10.0 Å². The van der Waals surface area contributed by atoms with Gasteiger partial charge in [-0.3, -0.25) is 10.1 Å². The summed E-state index contributed by atoms with van der Waals surface area (Å²) in [6.45, 7) is 4.15. The molecule has 0 N–H and O–H groups in total. The number of hydrogen-bond acceptors (Lipinski definition) is 4. The number of nitrogens with zero attached hydrogens (tertiary/aromatic N) is 3. The summed E-state index contributed by atoms with van der Waals surface area (Å²) < 4.78 is 30.2. The van der Waals surface area contributed by atoms with Crippen LogP contribution in [0.2, 0.25) is 0 Å². The zero-order valence-corrected chi connectivity index (χ0v) is 17.4. The Balaban J connectivity index is 2.13. The molecule has 3 rings (SSSR count). The Morgan fingerprint density at radius 3 is 2.10 bits per heavy atom. The zero-order chi connectivity index (χ0) is 21.7. The fraction of sp³-hybridized carbons (Fsp3) is 0.136. The maximum absolute atomic E-state index is 13.0. The van der Waals surface area contributed by atoms with E-state index in [1.165, 1.54) is 24.3 Å². The van der Waals surface area contributed by atoms with Crippen molar-refractivity contribution in [1.29, 1.82) is 0 Å². The first-order chi connectivity index (χ1) is 14.3. The molecule has 3 aromatic rings. The summed E-state index contributed by atoms with van der Waals surface area (Å²) in [5, 5.41) is 11.0. The molecule has 0 heterocycles. The molecule has 0 spiro atoms. The largest absolute Gasteiger partial charge is 0.325 e. The Bertz CT molecular complexity index is 1160. The van der Waals surface area contributed by atoms with Crippen LogP contribution < -0.4 is 4.90 Å². The zero-order valence-electron chi connectivity index (χ0n) is 16.6. The van der Waals surface area contributed by atoms with Gasteiger partial charge in [0, 0.05) is 29.9 Å². The molecule has 0 saturated carbocycles. The predicted octanol–water partition coefficient (Wildman–Crippen LogP) is 4.57. The average molecular weight is 423 g/mol. The van der Waals surface area contributed by atoms with Gasteiger partial charge in [0.25, 0.3) is 15.7 Å². The molecule has 0 bridgehead atoms. The molecule has 0 saturated heterocycles. The van der Waals surface area contributed by atoms with Crippen LogP contribution in [0.25, 0.3) is 0 Å². The standard InChI is InChI=1S/C22H21N3O4S/c1-3-24(19-11-13-20(14-12-19)25(26)27)22(18-7-5-4-6-8-18)23-30(28,29)21-15-9-17(2)10-16-21/h4-16H,3H2,1-2H3/b23-22+. The number of anilines is 1. The van der Waals surface area contributed by atoms with Crippen molar-refractivity contribution in [2.24, 2.45) is 4.40 Å². The first kappa shape index (κ1) is 21.2. The van der Waals surface area contributed by atoms with Crippen LogP contribution in [0, 0.1) is 17.0 Å². The van der Waals surface area contributed by atoms with E-state index < -0.39 is 14.9 Å². The molecule has 0 fully saturated rings. The Hall–Kier alpha value is -3.52. The van der Waals surface area contributed by atoms with E-state index >= 15 is 0 Å². The van der Waals surface area contributed by atoms with E-state index in [9.17, 15) is 18.5 Å². The summed E-state index contributed by atoms with van der Waals surface area (Å²) in [5.41, 5.74) is 2.13. The topological polar surface area (TPSA) is 92.9 Å². The summed E-state index contributed by atoms with van der Waals surface area (Å²) in [7, 11) is -3.97. The van der Waals surface area contributed by atoms with Gasteiger partial charge in [0.15, 0.2) is 5.84 Å². The van der Waals surface area contributed by atoms with Gasteiger partial charge in [0.2, 0.25) is 0 Å². The molecule has 7 nitrogen and oxygen atoms in total. The summed E-state index contributed by atoms with van der Waals surface area (Å²) in [6.07, 6.45) is 0. The summed E-state index contributed by atoms with van der Waals surface area (Å²) in [5.74, 6) is 0.243. The van der Waals surface area contributed by atoms with Crippen molar-refractivity contribution >= 4 is 27.2 Å². The highest BCUT2D eigenvalue weighted by molar-refractivity contribution is 7.90. The fourth-order valence-corrected chi connectivity index (χ4v) is 3.95. The first-order valence-electron chi connectivity index (χ1n) is 9.31. The van der Waals surface area contributed by atoms with Crippen molar-refractivity contribution in [2.45, 2.75) is 18.7 Å². The van der Waals surface area contributed by atoms with Crippen molar-refractivity contribution in [1.82, 2.24) is 0 Å². The maximum Gasteiger partial charge on any atom is 0.284 e. The van der Waals surface area contributed by atoms with E-state index in [1.807, 2.05) is 19.9 Å². The van der Waals surface area contributed by atoms with Crippen LogP contribution in [0.3, 0.4) is 0 Å². The molecule has 154 valence electrons. The van der Waals surface area contributed by atoms with E-state index in [4.69, 9.17) is 0 Å². The van der Waals surface area contributed by atoms with Gasteiger partial charge in [0.05, 0.1) is 9.82 Å². The minimum Gasteiger partial charge on any atom is -0.325 e. The number of rotatable bonds is 6. The molecule has 30 heavy (non-hydrogen) atoms. The smallest absolute Gasteiger partial charge is 0.284 e. The number of nitro benzene ring substituents is 1. The predicted molar refractivity (Wildman–Crippen MR) is 117 cm³/mol. The van der Waals surface area contributed by atoms with E-state index in [2.05, 4.69) is 4.40 Å². The molecule has 0 atom stereocenters. The van der Waals surface area contributed by atoms with Crippen molar-refractivity contribution < 1.29 is 13.3 Å². The average Bonchev–Trinajstić information content (AvgIpc) is 2.75. The summed E-state index contributed by atoms with van der Waals surface area (Å²) in [6, 6.07) is 21.4. The van der Waals surface area contributed by atoms with Gasteiger partial charge in [-0.1, -0.05) is 48.0 Å². The third-order valence-electron chi connectivity index (χ3n) is 4.50. The molecule has 3 aromatic carbocycles. The van der Waals surface area contributed by atoms with Gasteiger partial charge in [-0.15, -0.1) is 4.40 Å². The van der Waals surface area contributed by atoms with Gasteiger partial charge < -0.3 is 4.90 Å². The lowest BCUT2D eigenvalue weighted by Gasteiger charge is -2.25. The number of amidine groups is 1. The SMILES string of the molecule is CCN(/C(=N/S(=O)(=O)c1ccc(C)cc1)c1ccccc1)c1ccc([N+](=O)[O-])cc1. The number of non-ortho nitro benzene ring substituents is 1. The lowest BCUT2D eigenvalue weighted by molar-refractivity contribution is -0.384. The molecular formula is C22H21N3O4S. The van der Waals surface area contributed by atoms with Crippen LogP contribution in [0.4, 0.5) is 11.4 Å². The Kier molecular flexibility index (Phi) is 6.27. The molecule has 0 radical (unpaired) electrons. The lowest BCUT2D eigenvalue weighted by Crippen LogP contribution is -2.32. The maximum atomic E-state index is 13.0. The highest BCUT2D eigenvalue weighted by Crippen LogP contribution is 2.23. The van der Waals surface area contributed by atoms with Gasteiger partial charge in [0.1, 0.15) is 0 Å². The minimum atomic E-state index is -3.97. The first-order valence-corrected chi connectivity index (χ1v) is 10.7. The molecule has 0 amide bonds. The fourth-order valence-electron chi connectivity index (χ4n) is 2.93. The highest BCUT2D eigenvalue weighted by atomic mass is 32.2. The monoisotopic (exact) mass is 423 g/mol. The van der Waals surface area contributed by atoms with E-state index in [-0.39, 0.29) is 16.4 Å². The quantitative estimate of drug-likeness (QED) is 0.251. The summed E-state index contributed by atoms with van der Waals surface area (Å²) >= 11 is 0. The van der Waals surface area contributed by atoms with Crippen molar-refractivity contribution in [3.63, 3.8) is 0 Å². The molecule has 0 aliphatic rings. The number of hydrogen-bond donors (Lipinski definition) is 0. The number of aryl methyl sites for hydroxylation is 1. The van der Waals surface area contributed by atoms with Crippen LogP contribution in [-0.4, -0.2) is 25.7 Å². The van der Waals surface area contributed by atoms with Crippen molar-refractivity contribution in [3.05, 3.63) is 100 Å². The molecule has 0 aromatic heterocycles. The number of sulfonamides is 1. The van der Waals surface area contributed by atoms with Crippen LogP contribution in [0.15, 0.2) is 88.2 Å². The third kappa shape index (κ3) is 4.72.